The third-order valence-corrected chi connectivity index (χ3v) is 3.06. The molecular weight excluding hydrogens is 292 g/mol. The maximum Gasteiger partial charge on any atom is 0.335 e. The van der Waals surface area contributed by atoms with E-state index in [2.05, 4.69) is 0 Å². The molecule has 0 aliphatic heterocycles. The zero-order valence-electron chi connectivity index (χ0n) is 11.5. The number of aromatic carboxylic acids is 1. The van der Waals surface area contributed by atoms with Gasteiger partial charge in [0.2, 0.25) is 0 Å². The minimum absolute atomic E-state index is 0.245. The van der Waals surface area contributed by atoms with E-state index >= 15 is 0 Å². The van der Waals surface area contributed by atoms with Crippen molar-refractivity contribution >= 4 is 17.6 Å². The Morgan fingerprint density at radius 2 is 1.90 bits per heavy atom. The van der Waals surface area contributed by atoms with E-state index in [4.69, 9.17) is 26.2 Å². The Morgan fingerprint density at radius 3 is 2.57 bits per heavy atom. The predicted octanol–water partition coefficient (Wildman–Crippen LogP) is 3.80. The van der Waals surface area contributed by atoms with Crippen LogP contribution in [0.15, 0.2) is 42.5 Å². The molecule has 2 rings (SSSR count). The highest BCUT2D eigenvalue weighted by atomic mass is 35.5. The number of hydrogen-bond acceptors (Lipinski definition) is 3. The van der Waals surface area contributed by atoms with Gasteiger partial charge in [-0.3, -0.25) is 0 Å². The van der Waals surface area contributed by atoms with E-state index in [1.165, 1.54) is 6.07 Å². The number of carboxylic acids is 1. The van der Waals surface area contributed by atoms with E-state index in [-0.39, 0.29) is 5.56 Å². The topological polar surface area (TPSA) is 55.8 Å². The van der Waals surface area contributed by atoms with Gasteiger partial charge in [0.05, 0.1) is 5.56 Å². The summed E-state index contributed by atoms with van der Waals surface area (Å²) >= 11 is 5.86. The van der Waals surface area contributed by atoms with Crippen LogP contribution in [0.3, 0.4) is 0 Å². The lowest BCUT2D eigenvalue weighted by Crippen LogP contribution is -2.10. The number of hydrogen-bond donors (Lipinski definition) is 1. The Morgan fingerprint density at radius 1 is 1.14 bits per heavy atom. The second kappa shape index (κ2) is 6.99. The van der Waals surface area contributed by atoms with Crippen molar-refractivity contribution in [1.82, 2.24) is 0 Å². The lowest BCUT2D eigenvalue weighted by Gasteiger charge is -2.11. The van der Waals surface area contributed by atoms with Gasteiger partial charge in [0.1, 0.15) is 24.7 Å². The monoisotopic (exact) mass is 306 g/mol. The first-order valence-corrected chi connectivity index (χ1v) is 6.79. The molecule has 2 aromatic rings. The number of halogens is 1. The maximum absolute atomic E-state index is 10.8. The minimum Gasteiger partial charge on any atom is -0.490 e. The molecule has 0 aliphatic rings. The number of benzene rings is 2. The summed E-state index contributed by atoms with van der Waals surface area (Å²) in [5.41, 5.74) is 1.02. The highest BCUT2D eigenvalue weighted by molar-refractivity contribution is 6.30. The Bertz CT molecular complexity index is 640. The molecule has 21 heavy (non-hydrogen) atoms. The van der Waals surface area contributed by atoms with Crippen LogP contribution in [0.2, 0.25) is 5.02 Å². The van der Waals surface area contributed by atoms with Gasteiger partial charge in [0.15, 0.2) is 0 Å². The molecule has 4 nitrogen and oxygen atoms in total. The van der Waals surface area contributed by atoms with Gasteiger partial charge in [-0.25, -0.2) is 4.79 Å². The molecule has 110 valence electrons. The summed E-state index contributed by atoms with van der Waals surface area (Å²) in [7, 11) is 0. The molecular formula is C16H15ClO4. The normalized spacial score (nSPS) is 10.2. The van der Waals surface area contributed by atoms with Gasteiger partial charge in [-0.2, -0.15) is 0 Å². The molecule has 0 amide bonds. The smallest absolute Gasteiger partial charge is 0.335 e. The van der Waals surface area contributed by atoms with E-state index in [1.807, 2.05) is 12.1 Å². The van der Waals surface area contributed by atoms with Gasteiger partial charge in [0, 0.05) is 5.02 Å². The van der Waals surface area contributed by atoms with Crippen LogP contribution in [0.5, 0.6) is 11.5 Å². The Hall–Kier alpha value is -2.20. The summed E-state index contributed by atoms with van der Waals surface area (Å²) in [5, 5.41) is 9.51. The van der Waals surface area contributed by atoms with Crippen molar-refractivity contribution in [3.05, 3.63) is 58.6 Å². The third-order valence-electron chi connectivity index (χ3n) is 2.83. The SMILES string of the molecule is Cc1cc(C(=O)O)ccc1OCCOc1cccc(Cl)c1. The van der Waals surface area contributed by atoms with Gasteiger partial charge >= 0.3 is 5.97 Å². The summed E-state index contributed by atoms with van der Waals surface area (Å²) in [6.07, 6.45) is 0. The van der Waals surface area contributed by atoms with Crippen LogP contribution in [-0.2, 0) is 0 Å². The van der Waals surface area contributed by atoms with E-state index in [0.29, 0.717) is 29.7 Å². The van der Waals surface area contributed by atoms with Gasteiger partial charge in [0.25, 0.3) is 0 Å². The van der Waals surface area contributed by atoms with Gasteiger partial charge in [-0.1, -0.05) is 17.7 Å². The summed E-state index contributed by atoms with van der Waals surface area (Å²) in [4.78, 5) is 10.8. The fraction of sp³-hybridized carbons (Fsp3) is 0.188. The molecule has 0 saturated heterocycles. The van der Waals surface area contributed by atoms with Gasteiger partial charge in [-0.15, -0.1) is 0 Å². The maximum atomic E-state index is 10.8. The Kier molecular flexibility index (Phi) is 5.06. The fourth-order valence-electron chi connectivity index (χ4n) is 1.81. The molecule has 0 fully saturated rings. The quantitative estimate of drug-likeness (QED) is 0.825. The molecule has 5 heteroatoms. The molecule has 0 aliphatic carbocycles. The summed E-state index contributed by atoms with van der Waals surface area (Å²) < 4.78 is 11.1. The van der Waals surface area contributed by atoms with Crippen molar-refractivity contribution in [3.8, 4) is 11.5 Å². The van der Waals surface area contributed by atoms with Crippen molar-refractivity contribution < 1.29 is 19.4 Å². The van der Waals surface area contributed by atoms with Gasteiger partial charge in [-0.05, 0) is 48.9 Å². The second-order valence-corrected chi connectivity index (χ2v) is 4.88. The lowest BCUT2D eigenvalue weighted by molar-refractivity contribution is 0.0696. The van der Waals surface area contributed by atoms with Crippen LogP contribution in [0.4, 0.5) is 0 Å². The summed E-state index contributed by atoms with van der Waals surface area (Å²) in [6, 6.07) is 11.9. The van der Waals surface area contributed by atoms with Gasteiger partial charge < -0.3 is 14.6 Å². The Balaban J connectivity index is 1.85. The van der Waals surface area contributed by atoms with Crippen molar-refractivity contribution in [1.29, 1.82) is 0 Å². The molecule has 0 unspecified atom stereocenters. The van der Waals surface area contributed by atoms with Crippen LogP contribution in [-0.4, -0.2) is 24.3 Å². The largest absolute Gasteiger partial charge is 0.490 e. The fourth-order valence-corrected chi connectivity index (χ4v) is 1.99. The molecule has 0 aromatic heterocycles. The van der Waals surface area contributed by atoms with E-state index in [1.54, 1.807) is 31.2 Å². The Labute approximate surface area is 127 Å². The first-order valence-electron chi connectivity index (χ1n) is 6.41. The molecule has 2 aromatic carbocycles. The first kappa shape index (κ1) is 15.2. The second-order valence-electron chi connectivity index (χ2n) is 4.44. The van der Waals surface area contributed by atoms with Crippen LogP contribution in [0, 0.1) is 6.92 Å². The average Bonchev–Trinajstić information content (AvgIpc) is 2.45. The van der Waals surface area contributed by atoms with Crippen LogP contribution < -0.4 is 9.47 Å². The van der Waals surface area contributed by atoms with Crippen LogP contribution in [0.1, 0.15) is 15.9 Å². The zero-order chi connectivity index (χ0) is 15.2. The molecule has 0 atom stereocenters. The van der Waals surface area contributed by atoms with Crippen molar-refractivity contribution in [2.24, 2.45) is 0 Å². The summed E-state index contributed by atoms with van der Waals surface area (Å²) in [6.45, 7) is 2.54. The number of rotatable bonds is 6. The van der Waals surface area contributed by atoms with Crippen LogP contribution >= 0.6 is 11.6 Å². The first-order chi connectivity index (χ1) is 10.1. The molecule has 0 spiro atoms. The molecule has 0 heterocycles. The summed E-state index contributed by atoms with van der Waals surface area (Å²) in [5.74, 6) is 0.382. The van der Waals surface area contributed by atoms with Crippen molar-refractivity contribution in [2.75, 3.05) is 13.2 Å². The molecule has 0 saturated carbocycles. The number of carbonyl (C=O) groups is 1. The van der Waals surface area contributed by atoms with Crippen LogP contribution in [0.25, 0.3) is 0 Å². The van der Waals surface area contributed by atoms with Crippen molar-refractivity contribution in [2.45, 2.75) is 6.92 Å². The zero-order valence-corrected chi connectivity index (χ0v) is 12.3. The van der Waals surface area contributed by atoms with Crippen molar-refractivity contribution in [3.63, 3.8) is 0 Å². The highest BCUT2D eigenvalue weighted by Crippen LogP contribution is 2.20. The van der Waals surface area contributed by atoms with E-state index in [0.717, 1.165) is 5.56 Å². The lowest BCUT2D eigenvalue weighted by atomic mass is 10.1. The average molecular weight is 307 g/mol. The molecule has 0 bridgehead atoms. The number of aryl methyl sites for hydroxylation is 1. The highest BCUT2D eigenvalue weighted by Gasteiger charge is 2.06. The number of ether oxygens (including phenoxy) is 2. The van der Waals surface area contributed by atoms with E-state index in [9.17, 15) is 4.79 Å². The predicted molar refractivity (Wildman–Crippen MR) is 80.6 cm³/mol. The molecule has 0 radical (unpaired) electrons. The standard InChI is InChI=1S/C16H15ClO4/c1-11-9-12(16(18)19)5-6-15(11)21-8-7-20-14-4-2-3-13(17)10-14/h2-6,9-10H,7-8H2,1H3,(H,18,19). The minimum atomic E-state index is -0.950. The number of carboxylic acid groups (broad SMARTS) is 1. The molecule has 1 N–H and O–H groups in total. The third kappa shape index (κ3) is 4.39. The van der Waals surface area contributed by atoms with E-state index < -0.39 is 5.97 Å².